The van der Waals surface area contributed by atoms with E-state index in [4.69, 9.17) is 4.98 Å². The molecule has 37 heavy (non-hydrogen) atoms. The van der Waals surface area contributed by atoms with Crippen molar-refractivity contribution in [1.82, 2.24) is 4.98 Å². The van der Waals surface area contributed by atoms with E-state index >= 15 is 0 Å². The summed E-state index contributed by atoms with van der Waals surface area (Å²) < 4.78 is 0. The summed E-state index contributed by atoms with van der Waals surface area (Å²) in [7, 11) is 0. The van der Waals surface area contributed by atoms with Crippen molar-refractivity contribution in [3.05, 3.63) is 63.7 Å². The number of aryl methyl sites for hydroxylation is 1. The maximum absolute atomic E-state index is 11.2. The Hall–Kier alpha value is -1.53. The minimum atomic E-state index is -0.636. The average Bonchev–Trinajstić information content (AvgIpc) is 3.39. The largest absolute Gasteiger partial charge is 0.393 e. The zero-order chi connectivity index (χ0) is 26.4. The van der Waals surface area contributed by atoms with Crippen molar-refractivity contribution in [3.8, 4) is 0 Å². The van der Waals surface area contributed by atoms with Crippen molar-refractivity contribution in [2.24, 2.45) is 23.2 Å². The highest BCUT2D eigenvalue weighted by Crippen LogP contribution is 2.60. The summed E-state index contributed by atoms with van der Waals surface area (Å²) in [5.74, 6) is 1.60. The van der Waals surface area contributed by atoms with Crippen LogP contribution in [0.3, 0.4) is 0 Å². The van der Waals surface area contributed by atoms with Crippen molar-refractivity contribution in [1.29, 1.82) is 0 Å². The summed E-state index contributed by atoms with van der Waals surface area (Å²) in [6.07, 6.45) is 17.2. The predicted octanol–water partition coefficient (Wildman–Crippen LogP) is 6.43. The van der Waals surface area contributed by atoms with Crippen LogP contribution < -0.4 is 0 Å². The zero-order valence-electron chi connectivity index (χ0n) is 22.8. The fourth-order valence-electron chi connectivity index (χ4n) is 7.68. The van der Waals surface area contributed by atoms with Gasteiger partial charge in [0.05, 0.1) is 29.4 Å². The molecule has 5 rings (SSSR count). The standard InChI is InChI=1S/C32H45NO3S/c1-5-24-19-37-30(33-24)32(15-16-32)29(36)13-8-20(2)26-11-12-27-22(7-6-14-31(26,27)4)9-10-23-17-25(34)18-28(35)21(23)3/h8-10,13,19-20,25-29,34-36H,3,5-7,11-12,14-18H2,1-2,4H3/t20-,25-,26-,27+,28+,29+,31-/m1/s1. The molecule has 1 heterocycles. The van der Waals surface area contributed by atoms with Gasteiger partial charge in [-0.05, 0) is 92.1 Å². The van der Waals surface area contributed by atoms with Crippen LogP contribution in [0, 0.1) is 23.2 Å². The molecule has 0 bridgehead atoms. The van der Waals surface area contributed by atoms with Gasteiger partial charge in [0.2, 0.25) is 0 Å². The predicted molar refractivity (Wildman–Crippen MR) is 151 cm³/mol. The number of aliphatic hydroxyl groups excluding tert-OH is 3. The summed E-state index contributed by atoms with van der Waals surface area (Å²) in [5.41, 5.74) is 4.52. The molecule has 0 spiro atoms. The van der Waals surface area contributed by atoms with Gasteiger partial charge in [-0.2, -0.15) is 0 Å². The number of aliphatic hydroxyl groups is 3. The summed E-state index contributed by atoms with van der Waals surface area (Å²) in [5, 5.41) is 34.8. The quantitative estimate of drug-likeness (QED) is 0.360. The Labute approximate surface area is 226 Å². The molecule has 202 valence electrons. The van der Waals surface area contributed by atoms with E-state index in [9.17, 15) is 15.3 Å². The Balaban J connectivity index is 1.28. The molecule has 4 fully saturated rings. The third-order valence-electron chi connectivity index (χ3n) is 10.2. The molecule has 0 unspecified atom stereocenters. The lowest BCUT2D eigenvalue weighted by atomic mass is 9.61. The number of allylic oxidation sites excluding steroid dienone is 4. The molecule has 4 aliphatic rings. The lowest BCUT2D eigenvalue weighted by Crippen LogP contribution is -2.35. The SMILES string of the molecule is C=C1C(=CC=C2CCC[C@]3(C)[C@@H]([C@H](C)C=C[C@H](O)C4(c5nc(CC)cs5)CC4)CC[C@@H]23)C[C@@H](O)C[C@@H]1O. The van der Waals surface area contributed by atoms with Gasteiger partial charge in [0.1, 0.15) is 5.01 Å². The van der Waals surface area contributed by atoms with Gasteiger partial charge in [-0.3, -0.25) is 0 Å². The molecule has 4 aliphatic carbocycles. The van der Waals surface area contributed by atoms with Crippen molar-refractivity contribution in [2.45, 2.75) is 109 Å². The first kappa shape index (κ1) is 27.1. The maximum atomic E-state index is 11.2. The molecule has 3 N–H and O–H groups in total. The van der Waals surface area contributed by atoms with Crippen LogP contribution in [0.25, 0.3) is 0 Å². The second kappa shape index (κ2) is 10.6. The van der Waals surface area contributed by atoms with Gasteiger partial charge in [0.25, 0.3) is 0 Å². The van der Waals surface area contributed by atoms with E-state index in [1.807, 2.05) is 0 Å². The van der Waals surface area contributed by atoms with Crippen molar-refractivity contribution >= 4 is 11.3 Å². The van der Waals surface area contributed by atoms with E-state index < -0.39 is 18.3 Å². The van der Waals surface area contributed by atoms with Gasteiger partial charge < -0.3 is 15.3 Å². The molecular formula is C32H45NO3S. The lowest BCUT2D eigenvalue weighted by molar-refractivity contribution is 0.0862. The topological polar surface area (TPSA) is 73.6 Å². The summed E-state index contributed by atoms with van der Waals surface area (Å²) in [4.78, 5) is 4.81. The number of hydrogen-bond acceptors (Lipinski definition) is 5. The van der Waals surface area contributed by atoms with E-state index in [1.54, 1.807) is 11.3 Å². The number of fused-ring (bicyclic) bond motifs is 1. The number of rotatable bonds is 7. The van der Waals surface area contributed by atoms with Gasteiger partial charge >= 0.3 is 0 Å². The number of aromatic nitrogens is 1. The Bertz CT molecular complexity index is 1100. The highest BCUT2D eigenvalue weighted by atomic mass is 32.1. The first-order valence-electron chi connectivity index (χ1n) is 14.4. The number of nitrogens with zero attached hydrogens (tertiary/aromatic N) is 1. The fraction of sp³-hybridized carbons (Fsp3) is 0.656. The van der Waals surface area contributed by atoms with Crippen LogP contribution in [0.15, 0.2) is 53.0 Å². The molecule has 0 radical (unpaired) electrons. The Morgan fingerprint density at radius 1 is 1.19 bits per heavy atom. The fourth-order valence-corrected chi connectivity index (χ4v) is 8.87. The Morgan fingerprint density at radius 2 is 1.97 bits per heavy atom. The lowest BCUT2D eigenvalue weighted by Gasteiger charge is -2.44. The molecule has 1 aromatic rings. The maximum Gasteiger partial charge on any atom is 0.102 e. The molecular weight excluding hydrogens is 478 g/mol. The van der Waals surface area contributed by atoms with E-state index in [0.29, 0.717) is 30.6 Å². The van der Waals surface area contributed by atoms with Crippen LogP contribution in [0.5, 0.6) is 0 Å². The van der Waals surface area contributed by atoms with Gasteiger partial charge in [-0.1, -0.05) is 57.2 Å². The smallest absolute Gasteiger partial charge is 0.102 e. The van der Waals surface area contributed by atoms with Gasteiger partial charge in [-0.25, -0.2) is 4.98 Å². The van der Waals surface area contributed by atoms with Crippen LogP contribution in [-0.4, -0.2) is 38.6 Å². The number of thiazole rings is 1. The van der Waals surface area contributed by atoms with E-state index in [1.165, 1.54) is 31.3 Å². The summed E-state index contributed by atoms with van der Waals surface area (Å²) >= 11 is 1.71. The second-order valence-corrected chi connectivity index (χ2v) is 13.4. The first-order valence-corrected chi connectivity index (χ1v) is 15.3. The molecule has 0 amide bonds. The monoisotopic (exact) mass is 523 g/mol. The molecule has 0 aromatic carbocycles. The number of hydrogen-bond donors (Lipinski definition) is 3. The van der Waals surface area contributed by atoms with Crippen LogP contribution >= 0.6 is 11.3 Å². The average molecular weight is 524 g/mol. The van der Waals surface area contributed by atoms with Crippen molar-refractivity contribution < 1.29 is 15.3 Å². The second-order valence-electron chi connectivity index (χ2n) is 12.5. The molecule has 1 aromatic heterocycles. The third kappa shape index (κ3) is 5.09. The minimum Gasteiger partial charge on any atom is -0.393 e. The Kier molecular flexibility index (Phi) is 7.72. The van der Waals surface area contributed by atoms with Gasteiger partial charge in [0.15, 0.2) is 0 Å². The van der Waals surface area contributed by atoms with Gasteiger partial charge in [0, 0.05) is 11.8 Å². The summed E-state index contributed by atoms with van der Waals surface area (Å²) in [6, 6.07) is 0. The summed E-state index contributed by atoms with van der Waals surface area (Å²) in [6.45, 7) is 11.1. The molecule has 4 nitrogen and oxygen atoms in total. The zero-order valence-corrected chi connectivity index (χ0v) is 23.6. The highest BCUT2D eigenvalue weighted by molar-refractivity contribution is 7.09. The Morgan fingerprint density at radius 3 is 2.68 bits per heavy atom. The van der Waals surface area contributed by atoms with E-state index in [2.05, 4.69) is 57.0 Å². The van der Waals surface area contributed by atoms with Crippen LogP contribution in [-0.2, 0) is 11.8 Å². The highest BCUT2D eigenvalue weighted by Gasteiger charge is 2.53. The molecule has 7 atom stereocenters. The molecule has 5 heteroatoms. The van der Waals surface area contributed by atoms with E-state index in [0.717, 1.165) is 47.5 Å². The van der Waals surface area contributed by atoms with Crippen LogP contribution in [0.2, 0.25) is 0 Å². The van der Waals surface area contributed by atoms with E-state index in [-0.39, 0.29) is 10.8 Å². The van der Waals surface area contributed by atoms with Crippen molar-refractivity contribution in [2.75, 3.05) is 0 Å². The molecule has 0 saturated heterocycles. The molecule has 4 saturated carbocycles. The van der Waals surface area contributed by atoms with Crippen molar-refractivity contribution in [3.63, 3.8) is 0 Å². The molecule has 0 aliphatic heterocycles. The van der Waals surface area contributed by atoms with Crippen LogP contribution in [0.4, 0.5) is 0 Å². The van der Waals surface area contributed by atoms with Crippen LogP contribution in [0.1, 0.15) is 89.3 Å². The van der Waals surface area contributed by atoms with Gasteiger partial charge in [-0.15, -0.1) is 11.3 Å². The first-order chi connectivity index (χ1) is 17.7. The minimum absolute atomic E-state index is 0.158. The normalized spacial score (nSPS) is 37.3. The third-order valence-corrected chi connectivity index (χ3v) is 11.3.